The Hall–Kier alpha value is -3.33. The van der Waals surface area contributed by atoms with Gasteiger partial charge >= 0.3 is 0 Å². The maximum Gasteiger partial charge on any atom is 0.236 e. The smallest absolute Gasteiger partial charge is 0.236 e. The number of ether oxygens (including phenoxy) is 2. The number of aromatic amines is 1. The van der Waals surface area contributed by atoms with Crippen LogP contribution in [-0.2, 0) is 17.8 Å². The predicted octanol–water partition coefficient (Wildman–Crippen LogP) is 2.56. The number of hydrogen-bond donors (Lipinski definition) is 2. The second-order valence-corrected chi connectivity index (χ2v) is 7.85. The molecular weight excluding hydrogens is 396 g/mol. The van der Waals surface area contributed by atoms with Gasteiger partial charge in [0, 0.05) is 43.7 Å². The molecular formula is C22H28N6O3. The van der Waals surface area contributed by atoms with Crippen LogP contribution in [0.1, 0.15) is 17.5 Å². The van der Waals surface area contributed by atoms with Crippen LogP contribution in [0.25, 0.3) is 11.0 Å². The highest BCUT2D eigenvalue weighted by Crippen LogP contribution is 2.37. The number of rotatable bonds is 2. The highest BCUT2D eigenvalue weighted by Gasteiger charge is 2.19. The average Bonchev–Trinajstić information content (AvgIpc) is 3.16. The molecule has 1 aromatic carbocycles. The monoisotopic (exact) mass is 424 g/mol. The van der Waals surface area contributed by atoms with Crippen molar-refractivity contribution in [3.8, 4) is 11.5 Å². The number of methoxy groups -OCH3 is 2. The Balaban J connectivity index is 1.83. The summed E-state index contributed by atoms with van der Waals surface area (Å²) >= 11 is 0. The zero-order valence-electron chi connectivity index (χ0n) is 18.4. The fourth-order valence-corrected chi connectivity index (χ4v) is 4.02. The summed E-state index contributed by atoms with van der Waals surface area (Å²) in [5.74, 6) is 2.08. The first-order valence-electron chi connectivity index (χ1n) is 10.3. The van der Waals surface area contributed by atoms with E-state index in [-0.39, 0.29) is 5.91 Å². The number of anilines is 2. The average molecular weight is 425 g/mol. The van der Waals surface area contributed by atoms with Gasteiger partial charge in [0.25, 0.3) is 0 Å². The molecule has 0 radical (unpaired) electrons. The molecule has 9 nitrogen and oxygen atoms in total. The van der Waals surface area contributed by atoms with Gasteiger partial charge in [0.2, 0.25) is 5.91 Å². The number of carbonyl (C=O) groups excluding carboxylic acids is 1. The Labute approximate surface area is 181 Å². The lowest BCUT2D eigenvalue weighted by molar-refractivity contribution is -0.131. The summed E-state index contributed by atoms with van der Waals surface area (Å²) in [6.45, 7) is 1.53. The van der Waals surface area contributed by atoms with Gasteiger partial charge in [0.05, 0.1) is 26.2 Å². The molecule has 1 aliphatic rings. The lowest BCUT2D eigenvalue weighted by Gasteiger charge is -2.23. The van der Waals surface area contributed by atoms with Crippen molar-refractivity contribution in [1.29, 1.82) is 0 Å². The highest BCUT2D eigenvalue weighted by molar-refractivity contribution is 5.92. The first-order chi connectivity index (χ1) is 15.0. The van der Waals surface area contributed by atoms with Crippen LogP contribution in [0.2, 0.25) is 0 Å². The number of hydrogen-bond acceptors (Lipinski definition) is 7. The van der Waals surface area contributed by atoms with Crippen LogP contribution < -0.4 is 14.8 Å². The summed E-state index contributed by atoms with van der Waals surface area (Å²) in [4.78, 5) is 28.6. The second kappa shape index (κ2) is 8.81. The largest absolute Gasteiger partial charge is 0.493 e. The molecule has 0 fully saturated rings. The van der Waals surface area contributed by atoms with Crippen molar-refractivity contribution in [2.75, 3.05) is 46.7 Å². The summed E-state index contributed by atoms with van der Waals surface area (Å²) < 4.78 is 11.2. The Kier molecular flexibility index (Phi) is 5.94. The summed E-state index contributed by atoms with van der Waals surface area (Å²) in [5, 5.41) is 4.40. The molecule has 2 N–H and O–H groups in total. The molecule has 0 unspecified atom stereocenters. The lowest BCUT2D eigenvalue weighted by atomic mass is 10.1. The first kappa shape index (κ1) is 20.9. The fourth-order valence-electron chi connectivity index (χ4n) is 4.02. The van der Waals surface area contributed by atoms with Crippen molar-refractivity contribution in [2.45, 2.75) is 19.4 Å². The topological polar surface area (TPSA) is 95.6 Å². The third-order valence-electron chi connectivity index (χ3n) is 5.58. The SMILES string of the molecule is COc1cc2cc(c1OC)CN(C)CC(=O)N(C)CCCc1c[nH]c3ncnc(c13)N2. The molecule has 31 heavy (non-hydrogen) atoms. The molecule has 0 saturated carbocycles. The minimum absolute atomic E-state index is 0.0838. The van der Waals surface area contributed by atoms with E-state index in [4.69, 9.17) is 9.47 Å². The normalized spacial score (nSPS) is 15.9. The minimum Gasteiger partial charge on any atom is -0.493 e. The van der Waals surface area contributed by atoms with Gasteiger partial charge in [-0.05, 0) is 31.5 Å². The second-order valence-electron chi connectivity index (χ2n) is 7.85. The van der Waals surface area contributed by atoms with E-state index >= 15 is 0 Å². The van der Waals surface area contributed by atoms with E-state index in [1.165, 1.54) is 0 Å². The van der Waals surface area contributed by atoms with Gasteiger partial charge < -0.3 is 24.7 Å². The molecule has 9 heteroatoms. The van der Waals surface area contributed by atoms with Gasteiger partial charge in [-0.3, -0.25) is 9.69 Å². The number of likely N-dealkylation sites (N-methyl/N-ethyl adjacent to an activating group) is 2. The molecule has 1 aliphatic heterocycles. The third kappa shape index (κ3) is 4.27. The van der Waals surface area contributed by atoms with Gasteiger partial charge in [-0.1, -0.05) is 0 Å². The summed E-state index contributed by atoms with van der Waals surface area (Å²) in [5.41, 5.74) is 3.64. The van der Waals surface area contributed by atoms with Crippen LogP contribution in [0.15, 0.2) is 24.7 Å². The molecule has 3 heterocycles. The lowest BCUT2D eigenvalue weighted by Crippen LogP contribution is -2.37. The molecule has 0 aliphatic carbocycles. The van der Waals surface area contributed by atoms with Crippen LogP contribution in [-0.4, -0.2) is 72.1 Å². The van der Waals surface area contributed by atoms with Crippen LogP contribution >= 0.6 is 0 Å². The quantitative estimate of drug-likeness (QED) is 0.653. The molecule has 4 rings (SSSR count). The Morgan fingerprint density at radius 3 is 2.68 bits per heavy atom. The maximum absolute atomic E-state index is 12.7. The van der Waals surface area contributed by atoms with E-state index in [0.29, 0.717) is 31.1 Å². The third-order valence-corrected chi connectivity index (χ3v) is 5.58. The van der Waals surface area contributed by atoms with E-state index in [1.54, 1.807) is 25.4 Å². The number of carbonyl (C=O) groups is 1. The molecule has 0 atom stereocenters. The van der Waals surface area contributed by atoms with Crippen molar-refractivity contribution in [2.24, 2.45) is 0 Å². The number of benzene rings is 1. The molecule has 0 saturated heterocycles. The maximum atomic E-state index is 12.7. The van der Waals surface area contributed by atoms with Crippen LogP contribution in [0.5, 0.6) is 11.5 Å². The van der Waals surface area contributed by atoms with E-state index in [0.717, 1.165) is 46.5 Å². The Morgan fingerprint density at radius 2 is 1.90 bits per heavy atom. The number of amides is 1. The molecule has 1 amide bonds. The molecule has 164 valence electrons. The van der Waals surface area contributed by atoms with Crippen molar-refractivity contribution in [3.05, 3.63) is 35.8 Å². The standard InChI is InChI=1S/C22H28N6O3/c1-27-11-15-8-16(9-17(30-3)20(15)31-4)26-22-19-14(10-23-21(19)24-13-25-22)6-5-7-28(2)18(29)12-27/h8-10,13H,5-7,11-12H2,1-4H3,(H2,23,24,25,26). The summed E-state index contributed by atoms with van der Waals surface area (Å²) in [7, 11) is 7.01. The molecule has 2 bridgehead atoms. The molecule has 0 spiro atoms. The molecule has 3 aromatic rings. The molecule has 2 aromatic heterocycles. The number of aromatic nitrogens is 3. The van der Waals surface area contributed by atoms with Gasteiger partial charge in [0.15, 0.2) is 11.5 Å². The summed E-state index contributed by atoms with van der Waals surface area (Å²) in [6.07, 6.45) is 5.18. The van der Waals surface area contributed by atoms with Gasteiger partial charge in [0.1, 0.15) is 17.8 Å². The van der Waals surface area contributed by atoms with Crippen molar-refractivity contribution in [3.63, 3.8) is 0 Å². The minimum atomic E-state index is 0.0838. The number of nitrogens with one attached hydrogen (secondary N) is 2. The van der Waals surface area contributed by atoms with Crippen molar-refractivity contribution < 1.29 is 14.3 Å². The van der Waals surface area contributed by atoms with E-state index in [1.807, 2.05) is 37.3 Å². The van der Waals surface area contributed by atoms with E-state index < -0.39 is 0 Å². The van der Waals surface area contributed by atoms with Crippen LogP contribution in [0, 0.1) is 0 Å². The van der Waals surface area contributed by atoms with Gasteiger partial charge in [-0.15, -0.1) is 0 Å². The van der Waals surface area contributed by atoms with E-state index in [9.17, 15) is 4.79 Å². The Morgan fingerprint density at radius 1 is 1.06 bits per heavy atom. The van der Waals surface area contributed by atoms with Crippen LogP contribution in [0.3, 0.4) is 0 Å². The predicted molar refractivity (Wildman–Crippen MR) is 119 cm³/mol. The number of H-pyrrole nitrogens is 1. The van der Waals surface area contributed by atoms with Gasteiger partial charge in [-0.2, -0.15) is 0 Å². The summed E-state index contributed by atoms with van der Waals surface area (Å²) in [6, 6.07) is 3.89. The highest BCUT2D eigenvalue weighted by atomic mass is 16.5. The first-order valence-corrected chi connectivity index (χ1v) is 10.3. The van der Waals surface area contributed by atoms with Gasteiger partial charge in [-0.25, -0.2) is 9.97 Å². The number of fused-ring (bicyclic) bond motifs is 2. The Bertz CT molecular complexity index is 1100. The van der Waals surface area contributed by atoms with Crippen molar-refractivity contribution >= 4 is 28.4 Å². The number of aryl methyl sites for hydroxylation is 1. The van der Waals surface area contributed by atoms with E-state index in [2.05, 4.69) is 20.3 Å². The van der Waals surface area contributed by atoms with Crippen LogP contribution in [0.4, 0.5) is 11.5 Å². The number of nitrogens with zero attached hydrogens (tertiary/aromatic N) is 4. The zero-order valence-corrected chi connectivity index (χ0v) is 18.4. The zero-order chi connectivity index (χ0) is 22.0. The fraction of sp³-hybridized carbons (Fsp3) is 0.409. The van der Waals surface area contributed by atoms with Crippen molar-refractivity contribution in [1.82, 2.24) is 24.8 Å².